The normalized spacial score (nSPS) is 13.7. The fourth-order valence-corrected chi connectivity index (χ4v) is 3.99. The number of benzene rings is 2. The van der Waals surface area contributed by atoms with Crippen LogP contribution in [0.2, 0.25) is 0 Å². The zero-order valence-electron chi connectivity index (χ0n) is 19.2. The molecule has 7 heteroatoms. The predicted molar refractivity (Wildman–Crippen MR) is 130 cm³/mol. The van der Waals surface area contributed by atoms with Crippen LogP contribution in [-0.4, -0.2) is 55.0 Å². The first-order valence-electron chi connectivity index (χ1n) is 11.3. The molecule has 3 aromatic rings. The van der Waals surface area contributed by atoms with Crippen molar-refractivity contribution in [3.63, 3.8) is 0 Å². The number of aromatic nitrogens is 1. The van der Waals surface area contributed by atoms with E-state index in [1.807, 2.05) is 48.5 Å². The van der Waals surface area contributed by atoms with Gasteiger partial charge in [0.2, 0.25) is 11.8 Å². The van der Waals surface area contributed by atoms with Crippen molar-refractivity contribution in [2.45, 2.75) is 26.3 Å². The Hall–Kier alpha value is -3.45. The van der Waals surface area contributed by atoms with Crippen molar-refractivity contribution in [3.05, 3.63) is 65.7 Å². The molecule has 0 spiro atoms. The van der Waals surface area contributed by atoms with Gasteiger partial charge in [-0.2, -0.15) is 0 Å². The zero-order valence-corrected chi connectivity index (χ0v) is 19.2. The number of nitrogens with one attached hydrogen (secondary N) is 1. The number of rotatable bonds is 7. The number of hydrogen-bond donors (Lipinski definition) is 1. The van der Waals surface area contributed by atoms with Gasteiger partial charge < -0.3 is 19.9 Å². The highest BCUT2D eigenvalue weighted by Crippen LogP contribution is 2.26. The first kappa shape index (κ1) is 22.7. The first-order valence-corrected chi connectivity index (χ1v) is 11.3. The van der Waals surface area contributed by atoms with Crippen LogP contribution in [0.1, 0.15) is 24.0 Å². The topological polar surface area (TPSA) is 74.8 Å². The molecule has 1 aromatic heterocycles. The third-order valence-corrected chi connectivity index (χ3v) is 5.88. The fraction of sp³-hybridized carbons (Fsp3) is 0.346. The second-order valence-corrected chi connectivity index (χ2v) is 8.41. The van der Waals surface area contributed by atoms with E-state index in [9.17, 15) is 9.59 Å². The number of aryl methyl sites for hydroxylation is 1. The number of nitrogens with zero attached hydrogens (tertiary/aromatic N) is 3. The highest BCUT2D eigenvalue weighted by molar-refractivity contribution is 5.96. The standard InChI is InChI=1S/C26H30N4O3/c1-19-16-24(30-12-14-33-15-13-30)28-23-9-8-21(17-22(19)23)27-25(31)10-11-26(32)29(2)18-20-6-4-3-5-7-20/h3-9,16-17H,10-15,18H2,1-2H3,(H,27,31). The molecule has 0 unspecified atom stereocenters. The highest BCUT2D eigenvalue weighted by atomic mass is 16.5. The van der Waals surface area contributed by atoms with Crippen molar-refractivity contribution in [2.24, 2.45) is 0 Å². The molecule has 0 radical (unpaired) electrons. The minimum Gasteiger partial charge on any atom is -0.378 e. The second kappa shape index (κ2) is 10.4. The SMILES string of the molecule is Cc1cc(N2CCOCC2)nc2ccc(NC(=O)CCC(=O)N(C)Cc3ccccc3)cc12. The molecule has 2 amide bonds. The van der Waals surface area contributed by atoms with Gasteiger partial charge in [-0.05, 0) is 42.3 Å². The molecule has 2 heterocycles. The van der Waals surface area contributed by atoms with Crippen LogP contribution in [0.15, 0.2) is 54.6 Å². The summed E-state index contributed by atoms with van der Waals surface area (Å²) >= 11 is 0. The minimum absolute atomic E-state index is 0.0526. The van der Waals surface area contributed by atoms with Crippen LogP contribution >= 0.6 is 0 Å². The van der Waals surface area contributed by atoms with Gasteiger partial charge in [0.1, 0.15) is 5.82 Å². The van der Waals surface area contributed by atoms with E-state index >= 15 is 0 Å². The Balaban J connectivity index is 1.34. The van der Waals surface area contributed by atoms with Crippen LogP contribution in [0.25, 0.3) is 10.9 Å². The van der Waals surface area contributed by atoms with Crippen molar-refractivity contribution >= 4 is 34.2 Å². The van der Waals surface area contributed by atoms with Gasteiger partial charge in [-0.15, -0.1) is 0 Å². The monoisotopic (exact) mass is 446 g/mol. The van der Waals surface area contributed by atoms with E-state index in [2.05, 4.69) is 23.2 Å². The molecule has 0 saturated carbocycles. The minimum atomic E-state index is -0.175. The maximum atomic E-state index is 12.5. The molecule has 0 aliphatic carbocycles. The quantitative estimate of drug-likeness (QED) is 0.598. The number of amides is 2. The van der Waals surface area contributed by atoms with Crippen LogP contribution < -0.4 is 10.2 Å². The molecule has 1 N–H and O–H groups in total. The van der Waals surface area contributed by atoms with Crippen molar-refractivity contribution in [1.82, 2.24) is 9.88 Å². The van der Waals surface area contributed by atoms with Gasteiger partial charge in [-0.25, -0.2) is 4.98 Å². The Bertz CT molecular complexity index is 1130. The van der Waals surface area contributed by atoms with Crippen LogP contribution in [0.3, 0.4) is 0 Å². The number of anilines is 2. The number of pyridine rings is 1. The van der Waals surface area contributed by atoms with Gasteiger partial charge in [0.05, 0.1) is 18.7 Å². The number of carbonyl (C=O) groups excluding carboxylic acids is 2. The lowest BCUT2D eigenvalue weighted by atomic mass is 10.1. The van der Waals surface area contributed by atoms with Gasteiger partial charge in [-0.3, -0.25) is 9.59 Å². The molecule has 172 valence electrons. The average Bonchev–Trinajstić information content (AvgIpc) is 2.84. The van der Waals surface area contributed by atoms with Crippen LogP contribution in [-0.2, 0) is 20.9 Å². The van der Waals surface area contributed by atoms with E-state index in [-0.39, 0.29) is 24.7 Å². The van der Waals surface area contributed by atoms with Gasteiger partial charge in [0.15, 0.2) is 0 Å². The van der Waals surface area contributed by atoms with Crippen LogP contribution in [0, 0.1) is 6.92 Å². The number of ether oxygens (including phenoxy) is 1. The maximum absolute atomic E-state index is 12.5. The molecule has 1 fully saturated rings. The lowest BCUT2D eigenvalue weighted by molar-refractivity contribution is -0.132. The second-order valence-electron chi connectivity index (χ2n) is 8.41. The predicted octanol–water partition coefficient (Wildman–Crippen LogP) is 3.76. The Kier molecular flexibility index (Phi) is 7.19. The Morgan fingerprint density at radius 2 is 1.82 bits per heavy atom. The van der Waals surface area contributed by atoms with E-state index in [0.717, 1.165) is 40.9 Å². The zero-order chi connectivity index (χ0) is 23.2. The molecule has 0 bridgehead atoms. The molecule has 7 nitrogen and oxygen atoms in total. The van der Waals surface area contributed by atoms with Crippen molar-refractivity contribution in [3.8, 4) is 0 Å². The van der Waals surface area contributed by atoms with Crippen molar-refractivity contribution < 1.29 is 14.3 Å². The molecule has 33 heavy (non-hydrogen) atoms. The average molecular weight is 447 g/mol. The summed E-state index contributed by atoms with van der Waals surface area (Å²) in [6.07, 6.45) is 0.315. The van der Waals surface area contributed by atoms with E-state index in [1.54, 1.807) is 11.9 Å². The molecule has 1 aliphatic heterocycles. The summed E-state index contributed by atoms with van der Waals surface area (Å²) in [4.78, 5) is 33.6. The van der Waals surface area contributed by atoms with E-state index in [4.69, 9.17) is 9.72 Å². The Morgan fingerprint density at radius 1 is 1.06 bits per heavy atom. The summed E-state index contributed by atoms with van der Waals surface area (Å²) < 4.78 is 5.43. The summed E-state index contributed by atoms with van der Waals surface area (Å²) in [6, 6.07) is 17.6. The van der Waals surface area contributed by atoms with Crippen LogP contribution in [0.5, 0.6) is 0 Å². The summed E-state index contributed by atoms with van der Waals surface area (Å²) in [5, 5.41) is 3.92. The fourth-order valence-electron chi connectivity index (χ4n) is 3.99. The van der Waals surface area contributed by atoms with E-state index in [1.165, 1.54) is 0 Å². The van der Waals surface area contributed by atoms with Gasteiger partial charge in [0.25, 0.3) is 0 Å². The molecular weight excluding hydrogens is 416 g/mol. The largest absolute Gasteiger partial charge is 0.378 e. The number of hydrogen-bond acceptors (Lipinski definition) is 5. The van der Waals surface area contributed by atoms with Gasteiger partial charge in [-0.1, -0.05) is 30.3 Å². The van der Waals surface area contributed by atoms with Gasteiger partial charge >= 0.3 is 0 Å². The summed E-state index contributed by atoms with van der Waals surface area (Å²) in [5.74, 6) is 0.729. The highest BCUT2D eigenvalue weighted by Gasteiger charge is 2.15. The first-order chi connectivity index (χ1) is 16.0. The number of morpholine rings is 1. The molecule has 1 saturated heterocycles. The molecule has 2 aromatic carbocycles. The molecule has 4 rings (SSSR count). The number of fused-ring (bicyclic) bond motifs is 1. The third-order valence-electron chi connectivity index (χ3n) is 5.88. The van der Waals surface area contributed by atoms with E-state index in [0.29, 0.717) is 25.4 Å². The van der Waals surface area contributed by atoms with Gasteiger partial charge in [0, 0.05) is 50.6 Å². The summed E-state index contributed by atoms with van der Waals surface area (Å²) in [7, 11) is 1.76. The van der Waals surface area contributed by atoms with Crippen molar-refractivity contribution in [1.29, 1.82) is 0 Å². The summed E-state index contributed by atoms with van der Waals surface area (Å²) in [5.41, 5.74) is 3.78. The van der Waals surface area contributed by atoms with Crippen LogP contribution in [0.4, 0.5) is 11.5 Å². The molecular formula is C26H30N4O3. The third kappa shape index (κ3) is 5.87. The lowest BCUT2D eigenvalue weighted by Gasteiger charge is -2.28. The smallest absolute Gasteiger partial charge is 0.224 e. The molecule has 1 aliphatic rings. The molecule has 0 atom stereocenters. The number of carbonyl (C=O) groups is 2. The summed E-state index contributed by atoms with van der Waals surface area (Å²) in [6.45, 7) is 5.70. The Labute approximate surface area is 194 Å². The Morgan fingerprint density at radius 3 is 2.58 bits per heavy atom. The van der Waals surface area contributed by atoms with E-state index < -0.39 is 0 Å². The van der Waals surface area contributed by atoms with Crippen molar-refractivity contribution in [2.75, 3.05) is 43.6 Å². The lowest BCUT2D eigenvalue weighted by Crippen LogP contribution is -2.36. The maximum Gasteiger partial charge on any atom is 0.224 e.